The van der Waals surface area contributed by atoms with Crippen molar-refractivity contribution < 1.29 is 14.3 Å². The Morgan fingerprint density at radius 3 is 3.00 bits per heavy atom. The molecule has 3 heterocycles. The smallest absolute Gasteiger partial charge is 0.220 e. The van der Waals surface area contributed by atoms with Crippen LogP contribution in [0.2, 0.25) is 0 Å². The minimum absolute atomic E-state index is 0.0716. The van der Waals surface area contributed by atoms with E-state index in [0.717, 1.165) is 57.5 Å². The first kappa shape index (κ1) is 15.4. The molecule has 2 saturated heterocycles. The van der Waals surface area contributed by atoms with Crippen LogP contribution in [0.25, 0.3) is 0 Å². The minimum Gasteiger partial charge on any atom is -0.381 e. The summed E-state index contributed by atoms with van der Waals surface area (Å²) in [6, 6.07) is 4.14. The molecule has 1 atom stereocenters. The number of nitrogens with zero attached hydrogens (tertiary/aromatic N) is 1. The van der Waals surface area contributed by atoms with E-state index in [2.05, 4.69) is 10.3 Å². The molecule has 0 aliphatic carbocycles. The third-order valence-electron chi connectivity index (χ3n) is 4.63. The van der Waals surface area contributed by atoms with Gasteiger partial charge in [0.15, 0.2) is 0 Å². The van der Waals surface area contributed by atoms with Gasteiger partial charge in [0.1, 0.15) is 0 Å². The lowest BCUT2D eigenvalue weighted by Gasteiger charge is -2.43. The van der Waals surface area contributed by atoms with Crippen molar-refractivity contribution in [3.8, 4) is 0 Å². The molecular weight excluding hydrogens is 280 g/mol. The molecule has 3 rings (SSSR count). The van der Waals surface area contributed by atoms with Crippen molar-refractivity contribution in [1.29, 1.82) is 0 Å². The highest BCUT2D eigenvalue weighted by atomic mass is 16.5. The summed E-state index contributed by atoms with van der Waals surface area (Å²) >= 11 is 0. The first-order chi connectivity index (χ1) is 10.8. The SMILES string of the molecule is O=C(CCc1cccnc1)N[C@H]1CCOC2(CCOCC2)C1. The number of aryl methyl sites for hydroxylation is 1. The summed E-state index contributed by atoms with van der Waals surface area (Å²) < 4.78 is 11.4. The van der Waals surface area contributed by atoms with Gasteiger partial charge in [0.25, 0.3) is 0 Å². The zero-order valence-electron chi connectivity index (χ0n) is 12.9. The lowest BCUT2D eigenvalue weighted by atomic mass is 9.84. The molecule has 22 heavy (non-hydrogen) atoms. The van der Waals surface area contributed by atoms with Crippen molar-refractivity contribution >= 4 is 5.91 Å². The standard InChI is InChI=1S/C17H24N2O3/c20-16(4-3-14-2-1-8-18-13-14)19-15-5-9-22-17(12-15)6-10-21-11-7-17/h1-2,8,13,15H,3-7,9-12H2,(H,19,20)/t15-/m0/s1. The number of rotatable bonds is 4. The fraction of sp³-hybridized carbons (Fsp3) is 0.647. The Morgan fingerprint density at radius 2 is 2.23 bits per heavy atom. The second kappa shape index (κ2) is 7.20. The molecular formula is C17H24N2O3. The summed E-state index contributed by atoms with van der Waals surface area (Å²) in [5.41, 5.74) is 1.03. The molecule has 2 fully saturated rings. The van der Waals surface area contributed by atoms with E-state index in [1.165, 1.54) is 0 Å². The predicted octanol–water partition coefficient (Wildman–Crippen LogP) is 1.86. The first-order valence-electron chi connectivity index (χ1n) is 8.16. The van der Waals surface area contributed by atoms with Gasteiger partial charge in [0.05, 0.1) is 5.60 Å². The van der Waals surface area contributed by atoms with E-state index < -0.39 is 0 Å². The van der Waals surface area contributed by atoms with Gasteiger partial charge in [0, 0.05) is 44.7 Å². The average Bonchev–Trinajstić information content (AvgIpc) is 2.55. The lowest BCUT2D eigenvalue weighted by molar-refractivity contribution is -0.144. The van der Waals surface area contributed by atoms with Crippen molar-refractivity contribution in [2.45, 2.75) is 50.2 Å². The Morgan fingerprint density at radius 1 is 1.36 bits per heavy atom. The maximum Gasteiger partial charge on any atom is 0.220 e. The molecule has 0 unspecified atom stereocenters. The molecule has 5 heteroatoms. The van der Waals surface area contributed by atoms with Crippen LogP contribution in [-0.4, -0.2) is 42.4 Å². The molecule has 1 aromatic rings. The third kappa shape index (κ3) is 4.05. The first-order valence-corrected chi connectivity index (χ1v) is 8.16. The van der Waals surface area contributed by atoms with Crippen LogP contribution in [0.15, 0.2) is 24.5 Å². The summed E-state index contributed by atoms with van der Waals surface area (Å²) in [6.45, 7) is 2.26. The highest BCUT2D eigenvalue weighted by Gasteiger charge is 2.39. The number of hydrogen-bond acceptors (Lipinski definition) is 4. The second-order valence-electron chi connectivity index (χ2n) is 6.26. The van der Waals surface area contributed by atoms with Gasteiger partial charge in [-0.15, -0.1) is 0 Å². The lowest BCUT2D eigenvalue weighted by Crippen LogP contribution is -2.51. The number of aromatic nitrogens is 1. The minimum atomic E-state index is -0.0716. The van der Waals surface area contributed by atoms with Crippen LogP contribution < -0.4 is 5.32 Å². The number of carbonyl (C=O) groups is 1. The topological polar surface area (TPSA) is 60.5 Å². The van der Waals surface area contributed by atoms with Crippen molar-refractivity contribution in [2.24, 2.45) is 0 Å². The molecule has 0 bridgehead atoms. The quantitative estimate of drug-likeness (QED) is 0.922. The molecule has 0 saturated carbocycles. The van der Waals surface area contributed by atoms with Crippen molar-refractivity contribution in [3.05, 3.63) is 30.1 Å². The molecule has 5 nitrogen and oxygen atoms in total. The van der Waals surface area contributed by atoms with E-state index in [-0.39, 0.29) is 17.6 Å². The van der Waals surface area contributed by atoms with Gasteiger partial charge in [-0.3, -0.25) is 9.78 Å². The average molecular weight is 304 g/mol. The summed E-state index contributed by atoms with van der Waals surface area (Å²) in [6.07, 6.45) is 8.51. The van der Waals surface area contributed by atoms with Gasteiger partial charge in [0.2, 0.25) is 5.91 Å². The Kier molecular flexibility index (Phi) is 5.05. The van der Waals surface area contributed by atoms with Gasteiger partial charge in [-0.2, -0.15) is 0 Å². The fourth-order valence-electron chi connectivity index (χ4n) is 3.35. The van der Waals surface area contributed by atoms with E-state index in [1.54, 1.807) is 6.20 Å². The Balaban J connectivity index is 1.46. The van der Waals surface area contributed by atoms with Gasteiger partial charge in [-0.05, 0) is 43.7 Å². The van der Waals surface area contributed by atoms with Crippen LogP contribution in [0.1, 0.15) is 37.7 Å². The molecule has 0 aromatic carbocycles. The molecule has 1 amide bonds. The van der Waals surface area contributed by atoms with E-state index >= 15 is 0 Å². The maximum atomic E-state index is 12.2. The Hall–Kier alpha value is -1.46. The fourth-order valence-corrected chi connectivity index (χ4v) is 3.35. The predicted molar refractivity (Wildman–Crippen MR) is 82.5 cm³/mol. The van der Waals surface area contributed by atoms with E-state index in [0.29, 0.717) is 6.42 Å². The summed E-state index contributed by atoms with van der Waals surface area (Å²) in [5, 5.41) is 3.18. The van der Waals surface area contributed by atoms with Crippen molar-refractivity contribution in [1.82, 2.24) is 10.3 Å². The molecule has 1 aromatic heterocycles. The van der Waals surface area contributed by atoms with Crippen LogP contribution in [0.4, 0.5) is 0 Å². The zero-order valence-corrected chi connectivity index (χ0v) is 12.9. The van der Waals surface area contributed by atoms with Crippen molar-refractivity contribution in [3.63, 3.8) is 0 Å². The monoisotopic (exact) mass is 304 g/mol. The Labute approximate surface area is 131 Å². The summed E-state index contributed by atoms with van der Waals surface area (Å²) in [5.74, 6) is 0.123. The molecule has 120 valence electrons. The summed E-state index contributed by atoms with van der Waals surface area (Å²) in [7, 11) is 0. The maximum absolute atomic E-state index is 12.2. The highest BCUT2D eigenvalue weighted by Crippen LogP contribution is 2.34. The number of hydrogen-bond donors (Lipinski definition) is 1. The van der Waals surface area contributed by atoms with Crippen molar-refractivity contribution in [2.75, 3.05) is 19.8 Å². The zero-order chi connectivity index (χ0) is 15.3. The number of nitrogens with one attached hydrogen (secondary N) is 1. The highest BCUT2D eigenvalue weighted by molar-refractivity contribution is 5.76. The Bertz CT molecular complexity index is 480. The van der Waals surface area contributed by atoms with Gasteiger partial charge in [-0.25, -0.2) is 0 Å². The van der Waals surface area contributed by atoms with Gasteiger partial charge >= 0.3 is 0 Å². The molecule has 0 radical (unpaired) electrons. The summed E-state index contributed by atoms with van der Waals surface area (Å²) in [4.78, 5) is 16.2. The van der Waals surface area contributed by atoms with Crippen LogP contribution >= 0.6 is 0 Å². The van der Waals surface area contributed by atoms with E-state index in [9.17, 15) is 4.79 Å². The second-order valence-corrected chi connectivity index (χ2v) is 6.26. The van der Waals surface area contributed by atoms with Crippen LogP contribution in [0, 0.1) is 0 Å². The van der Waals surface area contributed by atoms with E-state index in [4.69, 9.17) is 9.47 Å². The van der Waals surface area contributed by atoms with Gasteiger partial charge in [-0.1, -0.05) is 6.07 Å². The molecule has 2 aliphatic rings. The number of carbonyl (C=O) groups excluding carboxylic acids is 1. The van der Waals surface area contributed by atoms with Crippen LogP contribution in [0.5, 0.6) is 0 Å². The number of pyridine rings is 1. The largest absolute Gasteiger partial charge is 0.381 e. The van der Waals surface area contributed by atoms with Crippen LogP contribution in [0.3, 0.4) is 0 Å². The molecule has 1 spiro atoms. The third-order valence-corrected chi connectivity index (χ3v) is 4.63. The normalized spacial score (nSPS) is 24.1. The van der Waals surface area contributed by atoms with Crippen LogP contribution in [-0.2, 0) is 20.7 Å². The number of amides is 1. The molecule has 2 aliphatic heterocycles. The van der Waals surface area contributed by atoms with Gasteiger partial charge < -0.3 is 14.8 Å². The number of ether oxygens (including phenoxy) is 2. The molecule has 1 N–H and O–H groups in total. The van der Waals surface area contributed by atoms with E-state index in [1.807, 2.05) is 18.3 Å².